The van der Waals surface area contributed by atoms with Gasteiger partial charge >= 0.3 is 0 Å². The van der Waals surface area contributed by atoms with Gasteiger partial charge in [-0.05, 0) is 36.4 Å². The molecule has 0 aromatic heterocycles. The van der Waals surface area contributed by atoms with Crippen LogP contribution >= 0.6 is 23.2 Å². The third kappa shape index (κ3) is 14.1. The van der Waals surface area contributed by atoms with E-state index >= 15 is 0 Å². The molecule has 0 N–H and O–H groups in total. The zero-order valence-electron chi connectivity index (χ0n) is 25.4. The van der Waals surface area contributed by atoms with Crippen LogP contribution in [0.25, 0.3) is 0 Å². The number of benzene rings is 2. The maximum atomic E-state index is 6.59. The Balaban J connectivity index is 1.98. The Kier molecular flexibility index (Phi) is 19.4. The predicted molar refractivity (Wildman–Crippen MR) is 181 cm³/mol. The highest BCUT2D eigenvalue weighted by atomic mass is 35.5. The first kappa shape index (κ1) is 34.4. The van der Waals surface area contributed by atoms with E-state index in [9.17, 15) is 0 Å². The molecule has 2 aromatic rings. The first-order chi connectivity index (χ1) is 19.1. The lowest BCUT2D eigenvalue weighted by Crippen LogP contribution is -2.58. The lowest BCUT2D eigenvalue weighted by Gasteiger charge is -2.34. The molecule has 0 fully saturated rings. The summed E-state index contributed by atoms with van der Waals surface area (Å²) in [6, 6.07) is 20.3. The monoisotopic (exact) mass is 588 g/mol. The Labute approximate surface area is 253 Å². The highest BCUT2D eigenvalue weighted by Crippen LogP contribution is 2.26. The highest BCUT2D eigenvalue weighted by Gasteiger charge is 2.36. The summed E-state index contributed by atoms with van der Waals surface area (Å²) in [6.07, 6.45) is 27.7. The molecule has 3 heteroatoms. The number of hydrogen-bond acceptors (Lipinski definition) is 0. The van der Waals surface area contributed by atoms with Crippen LogP contribution < -0.4 is 10.4 Å². The summed E-state index contributed by atoms with van der Waals surface area (Å²) >= 11 is 13.2. The Morgan fingerprint density at radius 3 is 1.05 bits per heavy atom. The van der Waals surface area contributed by atoms with Gasteiger partial charge in [0, 0.05) is 10.0 Å². The maximum Gasteiger partial charge on any atom is 0.118 e. The largest absolute Gasteiger partial charge is 0.118 e. The molecule has 0 unspecified atom stereocenters. The molecule has 0 saturated heterocycles. The van der Waals surface area contributed by atoms with Crippen LogP contribution in [-0.2, 0) is 0 Å². The van der Waals surface area contributed by atoms with Gasteiger partial charge < -0.3 is 0 Å². The molecular formula is C36H58Cl2Si. The van der Waals surface area contributed by atoms with E-state index in [4.69, 9.17) is 23.2 Å². The zero-order valence-corrected chi connectivity index (χ0v) is 27.9. The standard InChI is InChI=1S/C36H58Cl2Si/c1-3-5-7-9-11-13-15-17-19-21-29-39(35-27-23-25-33(37)31-35,36-28-24-26-34(38)32-36)30-22-20-18-16-14-12-10-8-6-4-2/h23-28,31-32H,3-22,29-30H2,1-2H3. The van der Waals surface area contributed by atoms with E-state index < -0.39 is 8.07 Å². The minimum Gasteiger partial charge on any atom is -0.0843 e. The van der Waals surface area contributed by atoms with E-state index in [1.807, 2.05) is 12.1 Å². The van der Waals surface area contributed by atoms with Crippen molar-refractivity contribution in [3.05, 3.63) is 58.6 Å². The molecule has 220 valence electrons. The van der Waals surface area contributed by atoms with Crippen molar-refractivity contribution in [3.8, 4) is 0 Å². The molecule has 0 amide bonds. The van der Waals surface area contributed by atoms with Crippen LogP contribution in [0.3, 0.4) is 0 Å². The molecule has 39 heavy (non-hydrogen) atoms. The second-order valence-corrected chi connectivity index (χ2v) is 17.2. The van der Waals surface area contributed by atoms with Crippen molar-refractivity contribution < 1.29 is 0 Å². The summed E-state index contributed by atoms with van der Waals surface area (Å²) < 4.78 is 0. The van der Waals surface area contributed by atoms with E-state index in [0.29, 0.717) is 0 Å². The average Bonchev–Trinajstić information content (AvgIpc) is 2.94. The first-order valence-corrected chi connectivity index (χ1v) is 19.8. The zero-order chi connectivity index (χ0) is 28.0. The van der Waals surface area contributed by atoms with Crippen molar-refractivity contribution in [1.29, 1.82) is 0 Å². The summed E-state index contributed by atoms with van der Waals surface area (Å²) in [5.74, 6) is 0. The summed E-state index contributed by atoms with van der Waals surface area (Å²) in [4.78, 5) is 0. The van der Waals surface area contributed by atoms with Crippen molar-refractivity contribution in [2.45, 2.75) is 154 Å². The summed E-state index contributed by atoms with van der Waals surface area (Å²) in [5.41, 5.74) is 0. The van der Waals surface area contributed by atoms with Gasteiger partial charge in [0.2, 0.25) is 0 Å². The molecule has 2 aromatic carbocycles. The van der Waals surface area contributed by atoms with Gasteiger partial charge in [-0.3, -0.25) is 0 Å². The molecule has 0 atom stereocenters. The fourth-order valence-corrected chi connectivity index (χ4v) is 12.0. The lowest BCUT2D eigenvalue weighted by molar-refractivity contribution is 0.559. The fourth-order valence-electron chi connectivity index (χ4n) is 6.27. The molecule has 0 radical (unpaired) electrons. The van der Waals surface area contributed by atoms with Crippen molar-refractivity contribution in [1.82, 2.24) is 0 Å². The van der Waals surface area contributed by atoms with E-state index in [2.05, 4.69) is 50.2 Å². The van der Waals surface area contributed by atoms with Crippen LogP contribution in [0.5, 0.6) is 0 Å². The van der Waals surface area contributed by atoms with Crippen molar-refractivity contribution in [2.75, 3.05) is 0 Å². The summed E-state index contributed by atoms with van der Waals surface area (Å²) in [7, 11) is -1.96. The van der Waals surface area contributed by atoms with E-state index in [0.717, 1.165) is 10.0 Å². The molecule has 0 aliphatic carbocycles. The van der Waals surface area contributed by atoms with Gasteiger partial charge in [0.05, 0.1) is 0 Å². The first-order valence-electron chi connectivity index (χ1n) is 16.6. The quantitative estimate of drug-likeness (QED) is 0.0844. The summed E-state index contributed by atoms with van der Waals surface area (Å²) in [6.45, 7) is 4.60. The van der Waals surface area contributed by atoms with Gasteiger partial charge in [-0.25, -0.2) is 0 Å². The fraction of sp³-hybridized carbons (Fsp3) is 0.667. The molecule has 0 saturated carbocycles. The Morgan fingerprint density at radius 2 is 0.744 bits per heavy atom. The van der Waals surface area contributed by atoms with E-state index in [1.54, 1.807) is 0 Å². The third-order valence-electron chi connectivity index (χ3n) is 8.67. The second-order valence-electron chi connectivity index (χ2n) is 12.0. The van der Waals surface area contributed by atoms with Crippen LogP contribution in [0.1, 0.15) is 142 Å². The lowest BCUT2D eigenvalue weighted by atomic mass is 10.1. The minimum absolute atomic E-state index is 0.873. The van der Waals surface area contributed by atoms with Crippen LogP contribution in [0.15, 0.2) is 48.5 Å². The van der Waals surface area contributed by atoms with Crippen LogP contribution in [0.2, 0.25) is 22.1 Å². The van der Waals surface area contributed by atoms with Gasteiger partial charge in [-0.15, -0.1) is 0 Å². The normalized spacial score (nSPS) is 11.8. The molecular weight excluding hydrogens is 531 g/mol. The molecule has 0 aliphatic heterocycles. The van der Waals surface area contributed by atoms with Crippen LogP contribution in [0, 0.1) is 0 Å². The number of unbranched alkanes of at least 4 members (excludes halogenated alkanes) is 18. The molecule has 0 heterocycles. The van der Waals surface area contributed by atoms with Gasteiger partial charge in [-0.2, -0.15) is 0 Å². The molecule has 2 rings (SSSR count). The number of rotatable bonds is 24. The van der Waals surface area contributed by atoms with Gasteiger partial charge in [-0.1, -0.05) is 200 Å². The molecule has 0 bridgehead atoms. The minimum atomic E-state index is -1.96. The second kappa shape index (κ2) is 21.9. The molecule has 0 aliphatic rings. The van der Waals surface area contributed by atoms with Crippen molar-refractivity contribution in [3.63, 3.8) is 0 Å². The van der Waals surface area contributed by atoms with Crippen LogP contribution in [-0.4, -0.2) is 8.07 Å². The molecule has 0 spiro atoms. The molecule has 0 nitrogen and oxygen atoms in total. The summed E-state index contributed by atoms with van der Waals surface area (Å²) in [5, 5.41) is 4.75. The topological polar surface area (TPSA) is 0 Å². The SMILES string of the molecule is CCCCCCCCCCCC[Si](CCCCCCCCCCCC)(c1cccc(Cl)c1)c1cccc(Cl)c1. The third-order valence-corrected chi connectivity index (χ3v) is 14.4. The van der Waals surface area contributed by atoms with Crippen molar-refractivity contribution in [2.24, 2.45) is 0 Å². The van der Waals surface area contributed by atoms with Gasteiger partial charge in [0.25, 0.3) is 0 Å². The van der Waals surface area contributed by atoms with Crippen LogP contribution in [0.4, 0.5) is 0 Å². The Morgan fingerprint density at radius 1 is 0.436 bits per heavy atom. The Hall–Kier alpha value is -0.763. The smallest absolute Gasteiger partial charge is 0.0843 e. The Bertz CT molecular complexity index is 793. The number of hydrogen-bond donors (Lipinski definition) is 0. The predicted octanol–water partition coefficient (Wildman–Crippen LogP) is 12.4. The number of halogens is 2. The van der Waals surface area contributed by atoms with Gasteiger partial charge in [0.1, 0.15) is 8.07 Å². The average molecular weight is 590 g/mol. The van der Waals surface area contributed by atoms with Crippen molar-refractivity contribution >= 4 is 41.6 Å². The van der Waals surface area contributed by atoms with E-state index in [-0.39, 0.29) is 0 Å². The maximum absolute atomic E-state index is 6.59. The van der Waals surface area contributed by atoms with Gasteiger partial charge in [0.15, 0.2) is 0 Å². The van der Waals surface area contributed by atoms with E-state index in [1.165, 1.54) is 151 Å². The highest BCUT2D eigenvalue weighted by molar-refractivity contribution is 7.02.